The molecule has 0 bridgehead atoms. The summed E-state index contributed by atoms with van der Waals surface area (Å²) in [4.78, 5) is 25.3. The van der Waals surface area contributed by atoms with Crippen molar-refractivity contribution < 1.29 is 18.7 Å². The maximum absolute atomic E-state index is 13.1. The van der Waals surface area contributed by atoms with E-state index >= 15 is 0 Å². The zero-order valence-electron chi connectivity index (χ0n) is 14.2. The van der Waals surface area contributed by atoms with E-state index in [-0.39, 0.29) is 18.9 Å². The predicted molar refractivity (Wildman–Crippen MR) is 93.8 cm³/mol. The van der Waals surface area contributed by atoms with Crippen LogP contribution in [-0.2, 0) is 9.59 Å². The molecule has 1 unspecified atom stereocenters. The Kier molecular flexibility index (Phi) is 6.11. The Morgan fingerprint density at radius 1 is 1.20 bits per heavy atom. The lowest BCUT2D eigenvalue weighted by molar-refractivity contribution is -0.124. The highest BCUT2D eigenvalue weighted by atomic mass is 19.1. The summed E-state index contributed by atoms with van der Waals surface area (Å²) in [6.45, 7) is 3.66. The number of rotatable bonds is 7. The number of carbonyl (C=O) groups is 2. The van der Waals surface area contributed by atoms with Gasteiger partial charge in [-0.05, 0) is 55.8 Å². The van der Waals surface area contributed by atoms with Crippen molar-refractivity contribution in [2.24, 2.45) is 5.73 Å². The summed E-state index contributed by atoms with van der Waals surface area (Å²) in [5, 5.41) is 0. The summed E-state index contributed by atoms with van der Waals surface area (Å²) >= 11 is 0. The maximum Gasteiger partial charge on any atom is 0.267 e. The Hall–Kier alpha value is -2.89. The van der Waals surface area contributed by atoms with E-state index in [0.29, 0.717) is 11.4 Å². The number of ether oxygens (including phenoxy) is 1. The molecule has 2 rings (SSSR count). The number of carbonyl (C=O) groups excluding carboxylic acids is 2. The third kappa shape index (κ3) is 5.31. The number of benzene rings is 2. The Balaban J connectivity index is 2.18. The van der Waals surface area contributed by atoms with Crippen molar-refractivity contribution in [1.29, 1.82) is 0 Å². The first-order valence-electron chi connectivity index (χ1n) is 7.95. The number of nitrogens with zero attached hydrogens (tertiary/aromatic N) is 1. The van der Waals surface area contributed by atoms with Crippen LogP contribution in [-0.4, -0.2) is 24.5 Å². The molecular formula is C19H21FN2O3. The smallest absolute Gasteiger partial charge is 0.267 e. The lowest BCUT2D eigenvalue weighted by Gasteiger charge is -2.26. The molecule has 2 aromatic rings. The number of primary amides is 1. The van der Waals surface area contributed by atoms with Crippen LogP contribution >= 0.6 is 0 Å². The second-order valence-corrected chi connectivity index (χ2v) is 5.76. The summed E-state index contributed by atoms with van der Waals surface area (Å²) in [5.74, 6) is -0.688. The number of anilines is 1. The van der Waals surface area contributed by atoms with Crippen LogP contribution in [0.1, 0.15) is 18.9 Å². The third-order valence-electron chi connectivity index (χ3n) is 3.64. The lowest BCUT2D eigenvalue weighted by Crippen LogP contribution is -2.42. The monoisotopic (exact) mass is 344 g/mol. The molecule has 2 N–H and O–H groups in total. The van der Waals surface area contributed by atoms with E-state index in [1.165, 1.54) is 29.2 Å². The zero-order chi connectivity index (χ0) is 18.4. The molecule has 0 aromatic heterocycles. The number of hydrogen-bond donors (Lipinski definition) is 1. The number of amides is 2. The number of aryl methyl sites for hydroxylation is 1. The molecule has 2 amide bonds. The van der Waals surface area contributed by atoms with E-state index in [4.69, 9.17) is 10.5 Å². The van der Waals surface area contributed by atoms with Gasteiger partial charge < -0.3 is 15.4 Å². The quantitative estimate of drug-likeness (QED) is 0.839. The Labute approximate surface area is 146 Å². The van der Waals surface area contributed by atoms with Crippen LogP contribution in [0.15, 0.2) is 48.5 Å². The summed E-state index contributed by atoms with van der Waals surface area (Å²) in [7, 11) is 0. The molecule has 1 atom stereocenters. The van der Waals surface area contributed by atoms with E-state index in [9.17, 15) is 14.0 Å². The van der Waals surface area contributed by atoms with Gasteiger partial charge in [0.15, 0.2) is 6.10 Å². The molecule has 0 saturated carbocycles. The Morgan fingerprint density at radius 2 is 1.88 bits per heavy atom. The molecule has 132 valence electrons. The van der Waals surface area contributed by atoms with Gasteiger partial charge >= 0.3 is 0 Å². The van der Waals surface area contributed by atoms with Crippen molar-refractivity contribution in [1.82, 2.24) is 0 Å². The van der Waals surface area contributed by atoms with Crippen LogP contribution in [0.4, 0.5) is 10.1 Å². The second kappa shape index (κ2) is 8.28. The highest BCUT2D eigenvalue weighted by Gasteiger charge is 2.24. The number of hydrogen-bond acceptors (Lipinski definition) is 3. The van der Waals surface area contributed by atoms with Crippen molar-refractivity contribution in [2.75, 3.05) is 11.4 Å². The minimum Gasteiger partial charge on any atom is -0.481 e. The SMILES string of the molecule is Cc1cccc(OC(C)C(=O)N(CCC(N)=O)c2ccc(F)cc2)c1. The molecule has 2 aromatic carbocycles. The molecule has 0 saturated heterocycles. The zero-order valence-corrected chi connectivity index (χ0v) is 14.2. The van der Waals surface area contributed by atoms with Gasteiger partial charge in [0.25, 0.3) is 5.91 Å². The van der Waals surface area contributed by atoms with Crippen LogP contribution in [0.2, 0.25) is 0 Å². The van der Waals surface area contributed by atoms with Gasteiger partial charge in [-0.15, -0.1) is 0 Å². The molecule has 0 aliphatic heterocycles. The summed E-state index contributed by atoms with van der Waals surface area (Å²) < 4.78 is 18.9. The number of nitrogens with two attached hydrogens (primary N) is 1. The van der Waals surface area contributed by atoms with E-state index in [0.717, 1.165) is 5.56 Å². The van der Waals surface area contributed by atoms with E-state index in [1.54, 1.807) is 13.0 Å². The van der Waals surface area contributed by atoms with Gasteiger partial charge in [0.2, 0.25) is 5.91 Å². The Bertz CT molecular complexity index is 747. The minimum absolute atomic E-state index is 0.000279. The Morgan fingerprint density at radius 3 is 2.48 bits per heavy atom. The van der Waals surface area contributed by atoms with Gasteiger partial charge in [0, 0.05) is 18.7 Å². The van der Waals surface area contributed by atoms with Crippen molar-refractivity contribution in [3.8, 4) is 5.75 Å². The second-order valence-electron chi connectivity index (χ2n) is 5.76. The molecule has 25 heavy (non-hydrogen) atoms. The average Bonchev–Trinajstić information content (AvgIpc) is 2.56. The standard InChI is InChI=1S/C19H21FN2O3/c1-13-4-3-5-17(12-13)25-14(2)19(24)22(11-10-18(21)23)16-8-6-15(20)7-9-16/h3-9,12,14H,10-11H2,1-2H3,(H2,21,23). The molecule has 0 heterocycles. The molecule has 0 radical (unpaired) electrons. The van der Waals surface area contributed by atoms with E-state index in [2.05, 4.69) is 0 Å². The first kappa shape index (κ1) is 18.4. The van der Waals surface area contributed by atoms with E-state index < -0.39 is 17.8 Å². The van der Waals surface area contributed by atoms with Gasteiger partial charge in [-0.3, -0.25) is 9.59 Å². The first-order chi connectivity index (χ1) is 11.9. The largest absolute Gasteiger partial charge is 0.481 e. The lowest BCUT2D eigenvalue weighted by atomic mass is 10.2. The van der Waals surface area contributed by atoms with Crippen molar-refractivity contribution in [2.45, 2.75) is 26.4 Å². The average molecular weight is 344 g/mol. The highest BCUT2D eigenvalue weighted by Crippen LogP contribution is 2.19. The summed E-state index contributed by atoms with van der Waals surface area (Å²) in [6, 6.07) is 12.8. The predicted octanol–water partition coefficient (Wildman–Crippen LogP) is 2.81. The molecule has 0 aliphatic carbocycles. The molecular weight excluding hydrogens is 323 g/mol. The molecule has 0 aliphatic rings. The topological polar surface area (TPSA) is 72.6 Å². The van der Waals surface area contributed by atoms with Gasteiger partial charge in [0.05, 0.1) is 0 Å². The van der Waals surface area contributed by atoms with Crippen molar-refractivity contribution >= 4 is 17.5 Å². The van der Waals surface area contributed by atoms with Crippen LogP contribution in [0.25, 0.3) is 0 Å². The van der Waals surface area contributed by atoms with Crippen molar-refractivity contribution in [3.05, 3.63) is 59.9 Å². The first-order valence-corrected chi connectivity index (χ1v) is 7.95. The van der Waals surface area contributed by atoms with Gasteiger partial charge in [0.1, 0.15) is 11.6 Å². The van der Waals surface area contributed by atoms with Crippen molar-refractivity contribution in [3.63, 3.8) is 0 Å². The maximum atomic E-state index is 13.1. The van der Waals surface area contributed by atoms with Gasteiger partial charge in [-0.2, -0.15) is 0 Å². The molecule has 0 spiro atoms. The van der Waals surface area contributed by atoms with Gasteiger partial charge in [-0.1, -0.05) is 12.1 Å². The van der Waals surface area contributed by atoms with Crippen LogP contribution in [0.3, 0.4) is 0 Å². The molecule has 6 heteroatoms. The minimum atomic E-state index is -0.778. The number of halogens is 1. The third-order valence-corrected chi connectivity index (χ3v) is 3.64. The molecule has 0 fully saturated rings. The molecule has 5 nitrogen and oxygen atoms in total. The van der Waals surface area contributed by atoms with Crippen LogP contribution in [0.5, 0.6) is 5.75 Å². The fourth-order valence-corrected chi connectivity index (χ4v) is 2.37. The fourth-order valence-electron chi connectivity index (χ4n) is 2.37. The van der Waals surface area contributed by atoms with Crippen LogP contribution in [0, 0.1) is 12.7 Å². The fraction of sp³-hybridized carbons (Fsp3) is 0.263. The van der Waals surface area contributed by atoms with E-state index in [1.807, 2.05) is 25.1 Å². The summed E-state index contributed by atoms with van der Waals surface area (Å²) in [6.07, 6.45) is -0.778. The summed E-state index contributed by atoms with van der Waals surface area (Å²) in [5.41, 5.74) is 6.69. The van der Waals surface area contributed by atoms with Crippen LogP contribution < -0.4 is 15.4 Å². The van der Waals surface area contributed by atoms with Gasteiger partial charge in [-0.25, -0.2) is 4.39 Å². The highest BCUT2D eigenvalue weighted by molar-refractivity contribution is 5.97. The normalized spacial score (nSPS) is 11.6.